The van der Waals surface area contributed by atoms with Gasteiger partial charge >= 0.3 is 0 Å². The number of carbonyl (C=O) groups excluding carboxylic acids is 1. The number of halogens is 2. The van der Waals surface area contributed by atoms with Crippen LogP contribution >= 0.6 is 11.6 Å². The van der Waals surface area contributed by atoms with E-state index in [0.29, 0.717) is 29.2 Å². The molecule has 0 heterocycles. The maximum absolute atomic E-state index is 13.2. The second-order valence-electron chi connectivity index (χ2n) is 4.87. The van der Waals surface area contributed by atoms with Crippen LogP contribution in [-0.4, -0.2) is 17.4 Å². The van der Waals surface area contributed by atoms with Gasteiger partial charge in [-0.1, -0.05) is 29.8 Å². The first-order valence-electron chi connectivity index (χ1n) is 6.81. The van der Waals surface area contributed by atoms with E-state index in [1.54, 1.807) is 17.9 Å². The molecule has 1 amide bonds. The van der Waals surface area contributed by atoms with Crippen LogP contribution in [0.15, 0.2) is 42.5 Å². The summed E-state index contributed by atoms with van der Waals surface area (Å²) in [6.07, 6.45) is 0. The number of amides is 1. The van der Waals surface area contributed by atoms with E-state index in [1.165, 1.54) is 18.2 Å². The van der Waals surface area contributed by atoms with Crippen molar-refractivity contribution in [3.63, 3.8) is 0 Å². The Bertz CT molecular complexity index is 657. The van der Waals surface area contributed by atoms with Gasteiger partial charge in [0.15, 0.2) is 0 Å². The predicted molar refractivity (Wildman–Crippen MR) is 83.0 cm³/mol. The predicted octanol–water partition coefficient (Wildman–Crippen LogP) is 4.45. The fourth-order valence-electron chi connectivity index (χ4n) is 2.20. The molecule has 0 spiro atoms. The van der Waals surface area contributed by atoms with Crippen molar-refractivity contribution in [2.75, 3.05) is 6.54 Å². The van der Waals surface area contributed by atoms with Gasteiger partial charge in [0.05, 0.1) is 0 Å². The van der Waals surface area contributed by atoms with Gasteiger partial charge in [0.25, 0.3) is 5.91 Å². The highest BCUT2D eigenvalue weighted by Gasteiger charge is 2.17. The molecular weight excluding hydrogens is 289 g/mol. The number of aryl methyl sites for hydroxylation is 1. The number of hydrogen-bond donors (Lipinski definition) is 0. The van der Waals surface area contributed by atoms with Gasteiger partial charge in [0.2, 0.25) is 0 Å². The Labute approximate surface area is 129 Å². The highest BCUT2D eigenvalue weighted by atomic mass is 35.5. The Morgan fingerprint density at radius 1 is 1.24 bits per heavy atom. The molecule has 0 bridgehead atoms. The molecule has 2 nitrogen and oxygen atoms in total. The summed E-state index contributed by atoms with van der Waals surface area (Å²) >= 11 is 6.14. The first-order chi connectivity index (χ1) is 10.0. The maximum Gasteiger partial charge on any atom is 0.254 e. The van der Waals surface area contributed by atoms with Crippen molar-refractivity contribution < 1.29 is 9.18 Å². The molecule has 0 unspecified atom stereocenters. The van der Waals surface area contributed by atoms with E-state index in [-0.39, 0.29) is 11.7 Å². The molecule has 2 rings (SSSR count). The molecule has 2 aromatic rings. The zero-order valence-corrected chi connectivity index (χ0v) is 12.8. The van der Waals surface area contributed by atoms with Crippen molar-refractivity contribution in [1.82, 2.24) is 4.90 Å². The quantitative estimate of drug-likeness (QED) is 0.817. The molecule has 0 radical (unpaired) electrons. The topological polar surface area (TPSA) is 20.3 Å². The molecule has 0 atom stereocenters. The van der Waals surface area contributed by atoms with Gasteiger partial charge in [0, 0.05) is 23.7 Å². The summed E-state index contributed by atoms with van der Waals surface area (Å²) < 4.78 is 13.2. The van der Waals surface area contributed by atoms with Gasteiger partial charge in [0.1, 0.15) is 5.82 Å². The van der Waals surface area contributed by atoms with Crippen molar-refractivity contribution in [3.8, 4) is 0 Å². The van der Waals surface area contributed by atoms with Crippen LogP contribution in [0.1, 0.15) is 28.4 Å². The van der Waals surface area contributed by atoms with Gasteiger partial charge in [-0.15, -0.1) is 0 Å². The molecule has 0 N–H and O–H groups in total. The van der Waals surface area contributed by atoms with Crippen molar-refractivity contribution >= 4 is 17.5 Å². The van der Waals surface area contributed by atoms with Crippen molar-refractivity contribution in [3.05, 3.63) is 70.0 Å². The van der Waals surface area contributed by atoms with Gasteiger partial charge in [-0.2, -0.15) is 0 Å². The van der Waals surface area contributed by atoms with Crippen molar-refractivity contribution in [1.29, 1.82) is 0 Å². The summed E-state index contributed by atoms with van der Waals surface area (Å²) in [5.74, 6) is -0.451. The van der Waals surface area contributed by atoms with Crippen molar-refractivity contribution in [2.45, 2.75) is 20.4 Å². The lowest BCUT2D eigenvalue weighted by atomic mass is 10.1. The third-order valence-corrected chi connectivity index (χ3v) is 3.78. The van der Waals surface area contributed by atoms with E-state index in [0.717, 1.165) is 5.56 Å². The minimum absolute atomic E-state index is 0.116. The molecule has 0 aromatic heterocycles. The number of benzene rings is 2. The van der Waals surface area contributed by atoms with E-state index in [4.69, 9.17) is 11.6 Å². The van der Waals surface area contributed by atoms with Crippen molar-refractivity contribution in [2.24, 2.45) is 0 Å². The van der Waals surface area contributed by atoms with Crippen LogP contribution in [0, 0.1) is 12.7 Å². The van der Waals surface area contributed by atoms with E-state index in [9.17, 15) is 9.18 Å². The fourth-order valence-corrected chi connectivity index (χ4v) is 2.39. The van der Waals surface area contributed by atoms with Crippen LogP contribution in [0.5, 0.6) is 0 Å². The number of nitrogens with zero attached hydrogens (tertiary/aromatic N) is 1. The molecule has 4 heteroatoms. The highest BCUT2D eigenvalue weighted by Crippen LogP contribution is 2.19. The van der Waals surface area contributed by atoms with E-state index < -0.39 is 0 Å². The highest BCUT2D eigenvalue weighted by molar-refractivity contribution is 6.31. The Balaban J connectivity index is 2.25. The molecule has 0 fully saturated rings. The minimum Gasteiger partial charge on any atom is -0.335 e. The lowest BCUT2D eigenvalue weighted by Crippen LogP contribution is -2.31. The van der Waals surface area contributed by atoms with Crippen LogP contribution in [0.4, 0.5) is 4.39 Å². The Morgan fingerprint density at radius 3 is 2.57 bits per heavy atom. The SMILES string of the molecule is CCN(Cc1ccccc1Cl)C(=O)c1ccc(F)cc1C. The Morgan fingerprint density at radius 2 is 1.95 bits per heavy atom. The molecule has 2 aromatic carbocycles. The summed E-state index contributed by atoms with van der Waals surface area (Å²) in [4.78, 5) is 14.3. The maximum atomic E-state index is 13.2. The third-order valence-electron chi connectivity index (χ3n) is 3.41. The summed E-state index contributed by atoms with van der Waals surface area (Å²) in [5.41, 5.74) is 2.05. The average Bonchev–Trinajstić information content (AvgIpc) is 2.46. The Hall–Kier alpha value is -1.87. The van der Waals surface area contributed by atoms with Gasteiger partial charge in [-0.05, 0) is 49.2 Å². The normalized spacial score (nSPS) is 10.5. The van der Waals surface area contributed by atoms with E-state index >= 15 is 0 Å². The third kappa shape index (κ3) is 3.61. The number of rotatable bonds is 4. The lowest BCUT2D eigenvalue weighted by Gasteiger charge is -2.22. The summed E-state index contributed by atoms with van der Waals surface area (Å²) in [5, 5.41) is 0.638. The molecular formula is C17H17ClFNO. The largest absolute Gasteiger partial charge is 0.335 e. The minimum atomic E-state index is -0.335. The number of hydrogen-bond acceptors (Lipinski definition) is 1. The Kier molecular flexibility index (Phi) is 4.97. The molecule has 21 heavy (non-hydrogen) atoms. The molecule has 0 aliphatic heterocycles. The van der Waals surface area contributed by atoms with Crippen LogP contribution < -0.4 is 0 Å². The zero-order chi connectivity index (χ0) is 15.4. The molecule has 0 aliphatic rings. The standard InChI is InChI=1S/C17H17ClFNO/c1-3-20(11-13-6-4-5-7-16(13)18)17(21)15-9-8-14(19)10-12(15)2/h4-10H,3,11H2,1-2H3. The molecule has 0 aliphatic carbocycles. The first-order valence-corrected chi connectivity index (χ1v) is 7.19. The summed E-state index contributed by atoms with van der Waals surface area (Å²) in [7, 11) is 0. The van der Waals surface area contributed by atoms with Gasteiger partial charge in [-0.3, -0.25) is 4.79 Å². The van der Waals surface area contributed by atoms with E-state index in [2.05, 4.69) is 0 Å². The number of carbonyl (C=O) groups is 1. The van der Waals surface area contributed by atoms with Crippen LogP contribution in [0.2, 0.25) is 5.02 Å². The second-order valence-corrected chi connectivity index (χ2v) is 5.28. The average molecular weight is 306 g/mol. The lowest BCUT2D eigenvalue weighted by molar-refractivity contribution is 0.0752. The van der Waals surface area contributed by atoms with Crippen LogP contribution in [0.25, 0.3) is 0 Å². The second kappa shape index (κ2) is 6.72. The van der Waals surface area contributed by atoms with Gasteiger partial charge in [-0.25, -0.2) is 4.39 Å². The first kappa shape index (κ1) is 15.5. The van der Waals surface area contributed by atoms with Gasteiger partial charge < -0.3 is 4.90 Å². The monoisotopic (exact) mass is 305 g/mol. The molecule has 0 saturated carbocycles. The zero-order valence-electron chi connectivity index (χ0n) is 12.1. The molecule has 0 saturated heterocycles. The van der Waals surface area contributed by atoms with E-state index in [1.807, 2.05) is 25.1 Å². The van der Waals surface area contributed by atoms with Crippen LogP contribution in [-0.2, 0) is 6.54 Å². The fraction of sp³-hybridized carbons (Fsp3) is 0.235. The summed E-state index contributed by atoms with van der Waals surface area (Å²) in [6, 6.07) is 11.7. The smallest absolute Gasteiger partial charge is 0.254 e. The molecule has 110 valence electrons. The van der Waals surface area contributed by atoms with Crippen LogP contribution in [0.3, 0.4) is 0 Å². The summed E-state index contributed by atoms with van der Waals surface area (Å²) in [6.45, 7) is 4.64.